The van der Waals surface area contributed by atoms with Crippen LogP contribution in [0.1, 0.15) is 32.6 Å². The zero-order valence-electron chi connectivity index (χ0n) is 8.21. The highest BCUT2D eigenvalue weighted by atomic mass is 16.3. The number of aliphatic imine (C=N–C) groups is 1. The van der Waals surface area contributed by atoms with Crippen LogP contribution in [0.25, 0.3) is 0 Å². The highest BCUT2D eigenvalue weighted by molar-refractivity contribution is 5.77. The van der Waals surface area contributed by atoms with E-state index in [1.165, 1.54) is 0 Å². The van der Waals surface area contributed by atoms with Gasteiger partial charge in [0.25, 0.3) is 0 Å². The number of nitrogens with zero attached hydrogens (tertiary/aromatic N) is 1. The van der Waals surface area contributed by atoms with Gasteiger partial charge in [0.2, 0.25) is 0 Å². The van der Waals surface area contributed by atoms with Gasteiger partial charge in [-0.25, -0.2) is 0 Å². The molecule has 0 unspecified atom stereocenters. The van der Waals surface area contributed by atoms with Crippen molar-refractivity contribution in [3.63, 3.8) is 0 Å². The Morgan fingerprint density at radius 2 is 2.31 bits per heavy atom. The Labute approximate surface area is 79.2 Å². The summed E-state index contributed by atoms with van der Waals surface area (Å²) in [6, 6.07) is 0. The minimum absolute atomic E-state index is 0.440. The predicted octanol–water partition coefficient (Wildman–Crippen LogP) is 0.216. The summed E-state index contributed by atoms with van der Waals surface area (Å²) in [5.74, 6) is 0.446. The van der Waals surface area contributed by atoms with Gasteiger partial charge in [0.1, 0.15) is 0 Å². The molecule has 76 valence electrons. The molecule has 0 heterocycles. The monoisotopic (exact) mass is 185 g/mol. The molecule has 0 aromatic heterocycles. The van der Waals surface area contributed by atoms with E-state index < -0.39 is 5.60 Å². The van der Waals surface area contributed by atoms with Crippen LogP contribution >= 0.6 is 0 Å². The Bertz CT molecular complexity index is 187. The van der Waals surface area contributed by atoms with Gasteiger partial charge in [0.05, 0.1) is 12.1 Å². The van der Waals surface area contributed by atoms with E-state index in [9.17, 15) is 5.11 Å². The largest absolute Gasteiger partial charge is 0.388 e. The molecule has 4 heteroatoms. The lowest BCUT2D eigenvalue weighted by atomic mass is 9.80. The van der Waals surface area contributed by atoms with E-state index in [0.29, 0.717) is 12.5 Å². The van der Waals surface area contributed by atoms with Gasteiger partial charge in [-0.2, -0.15) is 0 Å². The number of guanidine groups is 1. The van der Waals surface area contributed by atoms with Crippen LogP contribution in [0.3, 0.4) is 0 Å². The zero-order valence-corrected chi connectivity index (χ0v) is 8.21. The molecule has 0 bridgehead atoms. The van der Waals surface area contributed by atoms with Crippen molar-refractivity contribution >= 4 is 5.96 Å². The van der Waals surface area contributed by atoms with Crippen molar-refractivity contribution in [2.45, 2.75) is 38.2 Å². The first kappa shape index (κ1) is 10.3. The number of rotatable bonds is 4. The van der Waals surface area contributed by atoms with Gasteiger partial charge in [0.15, 0.2) is 5.96 Å². The number of nitrogens with one attached hydrogen (secondary N) is 1. The number of aliphatic hydroxyl groups is 1. The Hall–Kier alpha value is -0.770. The highest BCUT2D eigenvalue weighted by Crippen LogP contribution is 2.31. The van der Waals surface area contributed by atoms with E-state index in [0.717, 1.165) is 32.2 Å². The van der Waals surface area contributed by atoms with E-state index in [1.807, 2.05) is 0 Å². The van der Waals surface area contributed by atoms with Crippen LogP contribution < -0.4 is 11.1 Å². The molecule has 0 saturated heterocycles. The number of hydrogen-bond donors (Lipinski definition) is 3. The summed E-state index contributed by atoms with van der Waals surface area (Å²) in [5, 5.41) is 12.7. The molecular weight excluding hydrogens is 166 g/mol. The van der Waals surface area contributed by atoms with E-state index in [4.69, 9.17) is 5.73 Å². The molecule has 13 heavy (non-hydrogen) atoms. The zero-order chi connectivity index (χ0) is 9.73. The van der Waals surface area contributed by atoms with Crippen LogP contribution in [0.2, 0.25) is 0 Å². The van der Waals surface area contributed by atoms with Crippen LogP contribution in [-0.2, 0) is 0 Å². The third kappa shape index (κ3) is 3.22. The molecule has 0 radical (unpaired) electrons. The first-order chi connectivity index (χ1) is 6.16. The summed E-state index contributed by atoms with van der Waals surface area (Å²) in [6.07, 6.45) is 3.85. The second kappa shape index (κ2) is 4.46. The SMILES string of the molecule is CCCNC(N)=NCC1(O)CCC1. The predicted molar refractivity (Wildman–Crippen MR) is 53.6 cm³/mol. The van der Waals surface area contributed by atoms with Crippen LogP contribution in [-0.4, -0.2) is 29.8 Å². The average Bonchev–Trinajstić information content (AvgIpc) is 2.08. The van der Waals surface area contributed by atoms with Crippen molar-refractivity contribution in [2.75, 3.05) is 13.1 Å². The lowest BCUT2D eigenvalue weighted by molar-refractivity contribution is -0.0235. The van der Waals surface area contributed by atoms with Gasteiger partial charge in [-0.3, -0.25) is 4.99 Å². The summed E-state index contributed by atoms with van der Waals surface area (Å²) in [7, 11) is 0. The lowest BCUT2D eigenvalue weighted by Crippen LogP contribution is -2.42. The van der Waals surface area contributed by atoms with E-state index in [2.05, 4.69) is 17.2 Å². The van der Waals surface area contributed by atoms with Crippen molar-refractivity contribution in [3.8, 4) is 0 Å². The fourth-order valence-corrected chi connectivity index (χ4v) is 1.28. The van der Waals surface area contributed by atoms with Gasteiger partial charge in [-0.05, 0) is 25.7 Å². The lowest BCUT2D eigenvalue weighted by Gasteiger charge is -2.34. The number of hydrogen-bond acceptors (Lipinski definition) is 2. The van der Waals surface area contributed by atoms with Crippen molar-refractivity contribution in [1.29, 1.82) is 0 Å². The Morgan fingerprint density at radius 1 is 1.62 bits per heavy atom. The molecule has 1 aliphatic rings. The molecule has 1 fully saturated rings. The topological polar surface area (TPSA) is 70.6 Å². The van der Waals surface area contributed by atoms with Crippen LogP contribution in [0.15, 0.2) is 4.99 Å². The fourth-order valence-electron chi connectivity index (χ4n) is 1.28. The maximum atomic E-state index is 9.69. The Morgan fingerprint density at radius 3 is 2.77 bits per heavy atom. The van der Waals surface area contributed by atoms with Crippen LogP contribution in [0.5, 0.6) is 0 Å². The summed E-state index contributed by atoms with van der Waals surface area (Å²) in [4.78, 5) is 4.09. The first-order valence-electron chi connectivity index (χ1n) is 4.92. The van der Waals surface area contributed by atoms with Crippen molar-refractivity contribution in [2.24, 2.45) is 10.7 Å². The number of nitrogens with two attached hydrogens (primary N) is 1. The summed E-state index contributed by atoms with van der Waals surface area (Å²) in [6.45, 7) is 3.35. The second-order valence-corrected chi connectivity index (χ2v) is 3.71. The smallest absolute Gasteiger partial charge is 0.188 e. The molecular formula is C9H19N3O. The van der Waals surface area contributed by atoms with Crippen molar-refractivity contribution in [3.05, 3.63) is 0 Å². The fraction of sp³-hybridized carbons (Fsp3) is 0.889. The minimum atomic E-state index is -0.557. The third-order valence-electron chi connectivity index (χ3n) is 2.38. The first-order valence-corrected chi connectivity index (χ1v) is 4.92. The van der Waals surface area contributed by atoms with Crippen LogP contribution in [0.4, 0.5) is 0 Å². The molecule has 0 atom stereocenters. The van der Waals surface area contributed by atoms with Crippen molar-refractivity contribution in [1.82, 2.24) is 5.32 Å². The maximum Gasteiger partial charge on any atom is 0.188 e. The Kier molecular flexibility index (Phi) is 3.54. The molecule has 0 amide bonds. The van der Waals surface area contributed by atoms with E-state index >= 15 is 0 Å². The standard InChI is InChI=1S/C9H19N3O/c1-2-6-11-8(10)12-7-9(13)4-3-5-9/h13H,2-7H2,1H3,(H3,10,11,12). The molecule has 0 aromatic carbocycles. The molecule has 1 aliphatic carbocycles. The minimum Gasteiger partial charge on any atom is -0.388 e. The Balaban J connectivity index is 2.21. The van der Waals surface area contributed by atoms with Crippen LogP contribution in [0, 0.1) is 0 Å². The normalized spacial score (nSPS) is 20.9. The molecule has 0 aromatic rings. The van der Waals surface area contributed by atoms with Gasteiger partial charge >= 0.3 is 0 Å². The summed E-state index contributed by atoms with van der Waals surface area (Å²) in [5.41, 5.74) is 5.02. The quantitative estimate of drug-likeness (QED) is 0.433. The molecule has 1 rings (SSSR count). The van der Waals surface area contributed by atoms with Crippen molar-refractivity contribution < 1.29 is 5.11 Å². The molecule has 0 spiro atoms. The average molecular weight is 185 g/mol. The summed E-state index contributed by atoms with van der Waals surface area (Å²) < 4.78 is 0. The van der Waals surface area contributed by atoms with Gasteiger partial charge < -0.3 is 16.2 Å². The van der Waals surface area contributed by atoms with Gasteiger partial charge in [-0.15, -0.1) is 0 Å². The second-order valence-electron chi connectivity index (χ2n) is 3.71. The van der Waals surface area contributed by atoms with E-state index in [-0.39, 0.29) is 0 Å². The summed E-state index contributed by atoms with van der Waals surface area (Å²) >= 11 is 0. The molecule has 4 N–H and O–H groups in total. The van der Waals surface area contributed by atoms with Gasteiger partial charge in [0, 0.05) is 6.54 Å². The molecule has 4 nitrogen and oxygen atoms in total. The molecule has 0 aliphatic heterocycles. The molecule has 1 saturated carbocycles. The maximum absolute atomic E-state index is 9.69. The third-order valence-corrected chi connectivity index (χ3v) is 2.38. The van der Waals surface area contributed by atoms with Gasteiger partial charge in [-0.1, -0.05) is 6.92 Å². The highest BCUT2D eigenvalue weighted by Gasteiger charge is 2.33. The van der Waals surface area contributed by atoms with E-state index in [1.54, 1.807) is 0 Å².